The van der Waals surface area contributed by atoms with Gasteiger partial charge in [0.05, 0.1) is 12.0 Å². The number of nitrogen functional groups attached to an aromatic ring is 1. The van der Waals surface area contributed by atoms with Crippen LogP contribution in [0.15, 0.2) is 71.8 Å². The summed E-state index contributed by atoms with van der Waals surface area (Å²) in [6, 6.07) is 5.23. The van der Waals surface area contributed by atoms with Crippen LogP contribution in [-0.4, -0.2) is 38.2 Å². The molecule has 0 bridgehead atoms. The van der Waals surface area contributed by atoms with Gasteiger partial charge in [0, 0.05) is 50.4 Å². The zero-order valence-electron chi connectivity index (χ0n) is 21.3. The van der Waals surface area contributed by atoms with Crippen molar-refractivity contribution in [2.45, 2.75) is 47.0 Å². The molecule has 0 aliphatic carbocycles. The maximum absolute atomic E-state index is 12.6. The number of nitrogens with one attached hydrogen (secondary N) is 2. The van der Waals surface area contributed by atoms with Crippen LogP contribution in [-0.2, 0) is 0 Å². The largest absolute Gasteiger partial charge is 0.380 e. The van der Waals surface area contributed by atoms with Gasteiger partial charge in [-0.05, 0) is 42.1 Å². The molecule has 33 heavy (non-hydrogen) atoms. The van der Waals surface area contributed by atoms with E-state index in [4.69, 9.17) is 5.84 Å². The lowest BCUT2D eigenvalue weighted by Crippen LogP contribution is -2.26. The van der Waals surface area contributed by atoms with Gasteiger partial charge in [-0.3, -0.25) is 15.6 Å². The SMILES string of the molecule is C=C/C(=C\C=C\F)C(C)c1cc(C(=O)NCC/C(=C/N=C)N(C)C)ccc1NN.CC.CC. The highest BCUT2D eigenvalue weighted by atomic mass is 19.1. The monoisotopic (exact) mass is 459 g/mol. The van der Waals surface area contributed by atoms with Crippen LogP contribution in [0.2, 0.25) is 0 Å². The number of carbonyl (C=O) groups is 1. The molecule has 0 aliphatic heterocycles. The lowest BCUT2D eigenvalue weighted by atomic mass is 9.90. The Hall–Kier alpha value is -3.19. The Morgan fingerprint density at radius 2 is 1.91 bits per heavy atom. The molecule has 0 spiro atoms. The highest BCUT2D eigenvalue weighted by Crippen LogP contribution is 2.31. The highest BCUT2D eigenvalue weighted by molar-refractivity contribution is 5.95. The number of nitrogens with zero attached hydrogens (tertiary/aromatic N) is 2. The topological polar surface area (TPSA) is 82.8 Å². The Kier molecular flexibility index (Phi) is 18.9. The van der Waals surface area contributed by atoms with Crippen LogP contribution in [0, 0.1) is 0 Å². The van der Waals surface area contributed by atoms with Gasteiger partial charge < -0.3 is 15.6 Å². The minimum atomic E-state index is -0.195. The molecule has 0 saturated heterocycles. The molecule has 1 amide bonds. The van der Waals surface area contributed by atoms with Gasteiger partial charge in [-0.15, -0.1) is 0 Å². The van der Waals surface area contributed by atoms with Crippen molar-refractivity contribution in [3.8, 4) is 0 Å². The molecule has 1 unspecified atom stereocenters. The molecule has 0 radical (unpaired) electrons. The summed E-state index contributed by atoms with van der Waals surface area (Å²) < 4.78 is 12.4. The number of allylic oxidation sites excluding steroid dienone is 4. The van der Waals surface area contributed by atoms with Crippen molar-refractivity contribution in [1.29, 1.82) is 0 Å². The summed E-state index contributed by atoms with van der Waals surface area (Å²) in [5, 5.41) is 2.91. The minimum absolute atomic E-state index is 0.149. The summed E-state index contributed by atoms with van der Waals surface area (Å²) in [5.74, 6) is 5.29. The maximum Gasteiger partial charge on any atom is 0.251 e. The first-order chi connectivity index (χ1) is 15.9. The quantitative estimate of drug-likeness (QED) is 0.165. The molecule has 1 aromatic carbocycles. The number of hydrogen-bond donors (Lipinski definition) is 3. The number of hydrazine groups is 1. The van der Waals surface area contributed by atoms with Crippen molar-refractivity contribution in [3.63, 3.8) is 0 Å². The molecule has 6 nitrogen and oxygen atoms in total. The number of rotatable bonds is 11. The van der Waals surface area contributed by atoms with Crippen LogP contribution in [0.1, 0.15) is 62.9 Å². The van der Waals surface area contributed by atoms with E-state index >= 15 is 0 Å². The van der Waals surface area contributed by atoms with Gasteiger partial charge in [0.2, 0.25) is 0 Å². The molecule has 0 aromatic heterocycles. The molecule has 0 aliphatic rings. The van der Waals surface area contributed by atoms with Crippen molar-refractivity contribution in [3.05, 3.63) is 77.9 Å². The van der Waals surface area contributed by atoms with E-state index in [0.29, 0.717) is 30.5 Å². The van der Waals surface area contributed by atoms with E-state index < -0.39 is 0 Å². The fourth-order valence-corrected chi connectivity index (χ4v) is 2.83. The fraction of sp³-hybridized carbons (Fsp3) is 0.385. The van der Waals surface area contributed by atoms with E-state index in [1.165, 1.54) is 6.08 Å². The molecule has 0 saturated carbocycles. The van der Waals surface area contributed by atoms with Gasteiger partial charge in [0.25, 0.3) is 5.91 Å². The van der Waals surface area contributed by atoms with E-state index in [-0.39, 0.29) is 11.8 Å². The molecular formula is C26H42FN5O. The summed E-state index contributed by atoms with van der Waals surface area (Å²) in [4.78, 5) is 18.3. The Bertz CT molecular complexity index is 813. The fourth-order valence-electron chi connectivity index (χ4n) is 2.83. The number of aliphatic imine (C=N–C) groups is 1. The van der Waals surface area contributed by atoms with Crippen LogP contribution in [0.3, 0.4) is 0 Å². The van der Waals surface area contributed by atoms with Crippen LogP contribution >= 0.6 is 0 Å². The summed E-state index contributed by atoms with van der Waals surface area (Å²) in [7, 11) is 3.82. The minimum Gasteiger partial charge on any atom is -0.380 e. The first-order valence-electron chi connectivity index (χ1n) is 11.2. The number of amides is 1. The average molecular weight is 460 g/mol. The Labute approximate surface area is 199 Å². The van der Waals surface area contributed by atoms with Crippen molar-refractivity contribution in [2.75, 3.05) is 26.1 Å². The van der Waals surface area contributed by atoms with Gasteiger partial charge in [-0.2, -0.15) is 0 Å². The predicted octanol–water partition coefficient (Wildman–Crippen LogP) is 5.95. The van der Waals surface area contributed by atoms with Crippen molar-refractivity contribution < 1.29 is 9.18 Å². The third-order valence-electron chi connectivity index (χ3n) is 4.51. The van der Waals surface area contributed by atoms with Gasteiger partial charge in [0.1, 0.15) is 0 Å². The van der Waals surface area contributed by atoms with E-state index in [1.807, 2.05) is 53.6 Å². The Morgan fingerprint density at radius 1 is 1.27 bits per heavy atom. The number of nitrogens with two attached hydrogens (primary N) is 1. The molecule has 184 valence electrons. The smallest absolute Gasteiger partial charge is 0.251 e. The lowest BCUT2D eigenvalue weighted by Gasteiger charge is -2.19. The zero-order valence-corrected chi connectivity index (χ0v) is 21.3. The van der Waals surface area contributed by atoms with Crippen molar-refractivity contribution in [1.82, 2.24) is 10.2 Å². The Morgan fingerprint density at radius 3 is 2.39 bits per heavy atom. The van der Waals surface area contributed by atoms with E-state index in [1.54, 1.807) is 36.6 Å². The van der Waals surface area contributed by atoms with Crippen LogP contribution < -0.4 is 16.6 Å². The van der Waals surface area contributed by atoms with Crippen molar-refractivity contribution >= 4 is 18.3 Å². The van der Waals surface area contributed by atoms with Crippen LogP contribution in [0.4, 0.5) is 10.1 Å². The maximum atomic E-state index is 12.6. The zero-order chi connectivity index (χ0) is 25.8. The van der Waals surface area contributed by atoms with E-state index in [2.05, 4.69) is 29.0 Å². The first-order valence-corrected chi connectivity index (χ1v) is 11.2. The van der Waals surface area contributed by atoms with Crippen LogP contribution in [0.25, 0.3) is 0 Å². The number of carbonyl (C=O) groups excluding carboxylic acids is 1. The molecular weight excluding hydrogens is 417 g/mol. The van der Waals surface area contributed by atoms with Gasteiger partial charge >= 0.3 is 0 Å². The van der Waals surface area contributed by atoms with Crippen molar-refractivity contribution in [2.24, 2.45) is 10.8 Å². The highest BCUT2D eigenvalue weighted by Gasteiger charge is 2.16. The van der Waals surface area contributed by atoms with E-state index in [9.17, 15) is 9.18 Å². The molecule has 1 rings (SSSR count). The normalized spacial score (nSPS) is 11.9. The number of hydrogen-bond acceptors (Lipinski definition) is 5. The van der Waals surface area contributed by atoms with Gasteiger partial charge in [0.15, 0.2) is 0 Å². The number of anilines is 1. The summed E-state index contributed by atoms with van der Waals surface area (Å²) in [5.41, 5.74) is 6.40. The second-order valence-corrected chi connectivity index (χ2v) is 6.56. The number of halogens is 1. The molecule has 1 aromatic rings. The molecule has 7 heteroatoms. The predicted molar refractivity (Wildman–Crippen MR) is 142 cm³/mol. The summed E-state index contributed by atoms with van der Waals surface area (Å²) >= 11 is 0. The first kappa shape index (κ1) is 32.0. The molecule has 0 heterocycles. The average Bonchev–Trinajstić information content (AvgIpc) is 2.85. The van der Waals surface area contributed by atoms with Gasteiger partial charge in [-0.25, -0.2) is 4.39 Å². The molecule has 4 N–H and O–H groups in total. The standard InChI is InChI=1S/C22H30FN5O.2C2H6/c1-6-17(8-7-12-23)16(2)20-14-18(9-10-21(20)27-24)22(29)26-13-11-19(15-25-3)28(4)5;2*1-2/h6-10,12,14-16,27H,1,3,11,13,24H2,2,4-5H3,(H,26,29);2*1-2H3/b12-7+,17-8+,19-15-;;. The second kappa shape index (κ2) is 19.5. The molecule has 0 fully saturated rings. The summed E-state index contributed by atoms with van der Waals surface area (Å²) in [6.07, 6.45) is 7.34. The van der Waals surface area contributed by atoms with Gasteiger partial charge in [-0.1, -0.05) is 53.3 Å². The third-order valence-corrected chi connectivity index (χ3v) is 4.51. The molecule has 1 atom stereocenters. The second-order valence-electron chi connectivity index (χ2n) is 6.56. The number of benzene rings is 1. The summed E-state index contributed by atoms with van der Waals surface area (Å²) in [6.45, 7) is 17.6. The third kappa shape index (κ3) is 11.3. The van der Waals surface area contributed by atoms with E-state index in [0.717, 1.165) is 16.8 Å². The lowest BCUT2D eigenvalue weighted by molar-refractivity contribution is 0.0953. The van der Waals surface area contributed by atoms with Crippen LogP contribution in [0.5, 0.6) is 0 Å². The Balaban J connectivity index is 0.